The third-order valence-electron chi connectivity index (χ3n) is 4.77. The Morgan fingerprint density at radius 3 is 2.38 bits per heavy atom. The number of thiocarbonyl (C=S) groups is 1. The molecule has 1 aliphatic rings. The number of piperazine rings is 1. The second-order valence-electron chi connectivity index (χ2n) is 6.63. The van der Waals surface area contributed by atoms with Crippen molar-refractivity contribution in [1.29, 1.82) is 0 Å². The van der Waals surface area contributed by atoms with E-state index in [1.807, 2.05) is 36.1 Å². The van der Waals surface area contributed by atoms with Crippen molar-refractivity contribution in [3.63, 3.8) is 0 Å². The third kappa shape index (κ3) is 5.25. The molecule has 0 bridgehead atoms. The summed E-state index contributed by atoms with van der Waals surface area (Å²) >= 11 is 11.4. The number of rotatable bonds is 4. The van der Waals surface area contributed by atoms with Crippen LogP contribution in [0.4, 0.5) is 11.4 Å². The number of carbonyl (C=O) groups excluding carboxylic acids is 2. The number of para-hydroxylation sites is 2. The minimum Gasteiger partial charge on any atom is -0.366 e. The highest BCUT2D eigenvalue weighted by molar-refractivity contribution is 7.80. The molecule has 0 unspecified atom stereocenters. The lowest BCUT2D eigenvalue weighted by Crippen LogP contribution is -2.48. The Kier molecular flexibility index (Phi) is 7.06. The second kappa shape index (κ2) is 9.71. The van der Waals surface area contributed by atoms with Crippen molar-refractivity contribution in [2.24, 2.45) is 0 Å². The first-order valence-electron chi connectivity index (χ1n) is 9.48. The molecule has 1 saturated heterocycles. The summed E-state index contributed by atoms with van der Waals surface area (Å²) in [7, 11) is 0. The molecule has 152 valence electrons. The molecule has 29 heavy (non-hydrogen) atoms. The summed E-state index contributed by atoms with van der Waals surface area (Å²) in [5, 5.41) is 6.34. The van der Waals surface area contributed by atoms with Crippen LogP contribution in [0.3, 0.4) is 0 Å². The average Bonchev–Trinajstić information content (AvgIpc) is 2.74. The Morgan fingerprint density at radius 1 is 1.03 bits per heavy atom. The van der Waals surface area contributed by atoms with Crippen LogP contribution in [0.25, 0.3) is 0 Å². The summed E-state index contributed by atoms with van der Waals surface area (Å²) in [6.45, 7) is 4.74. The Hall–Kier alpha value is -2.64. The third-order valence-corrected chi connectivity index (χ3v) is 5.31. The molecule has 0 atom stereocenters. The van der Waals surface area contributed by atoms with Crippen LogP contribution in [0.2, 0.25) is 5.02 Å². The molecule has 3 rings (SSSR count). The van der Waals surface area contributed by atoms with Crippen molar-refractivity contribution in [1.82, 2.24) is 10.2 Å². The lowest BCUT2D eigenvalue weighted by Gasteiger charge is -2.37. The summed E-state index contributed by atoms with van der Waals surface area (Å²) < 4.78 is 0. The minimum absolute atomic E-state index is 0.180. The quantitative estimate of drug-likeness (QED) is 0.726. The lowest BCUT2D eigenvalue weighted by molar-refractivity contribution is -0.131. The molecule has 0 radical (unpaired) electrons. The fourth-order valence-corrected chi connectivity index (χ4v) is 3.67. The van der Waals surface area contributed by atoms with E-state index in [9.17, 15) is 9.59 Å². The monoisotopic (exact) mass is 430 g/mol. The Morgan fingerprint density at radius 2 is 1.69 bits per heavy atom. The summed E-state index contributed by atoms with van der Waals surface area (Å²) in [4.78, 5) is 28.4. The van der Waals surface area contributed by atoms with Gasteiger partial charge in [0.25, 0.3) is 5.91 Å². The van der Waals surface area contributed by atoms with E-state index in [1.165, 1.54) is 0 Å². The standard InChI is InChI=1S/C21H23ClN4O2S/c1-2-19(27)26-13-11-25(12-14-26)18-10-6-5-9-17(18)23-21(29)24-20(28)15-7-3-4-8-16(15)22/h3-10H,2,11-14H2,1H3,(H2,23,24,28,29). The van der Waals surface area contributed by atoms with Crippen molar-refractivity contribution in [2.75, 3.05) is 36.4 Å². The van der Waals surface area contributed by atoms with Gasteiger partial charge in [-0.15, -0.1) is 0 Å². The molecule has 0 aromatic heterocycles. The van der Waals surface area contributed by atoms with Gasteiger partial charge in [0, 0.05) is 32.6 Å². The number of amides is 2. The number of benzene rings is 2. The average molecular weight is 431 g/mol. The zero-order valence-corrected chi connectivity index (χ0v) is 17.7. The van der Waals surface area contributed by atoms with E-state index in [1.54, 1.807) is 24.3 Å². The highest BCUT2D eigenvalue weighted by Gasteiger charge is 2.22. The van der Waals surface area contributed by atoms with E-state index in [0.29, 0.717) is 30.1 Å². The van der Waals surface area contributed by atoms with Gasteiger partial charge in [-0.05, 0) is 36.5 Å². The van der Waals surface area contributed by atoms with Gasteiger partial charge >= 0.3 is 0 Å². The van der Waals surface area contributed by atoms with Crippen molar-refractivity contribution < 1.29 is 9.59 Å². The number of nitrogens with zero attached hydrogens (tertiary/aromatic N) is 2. The molecule has 1 heterocycles. The van der Waals surface area contributed by atoms with Gasteiger partial charge < -0.3 is 15.1 Å². The molecule has 2 amide bonds. The van der Waals surface area contributed by atoms with Crippen LogP contribution in [0.5, 0.6) is 0 Å². The van der Waals surface area contributed by atoms with Crippen molar-refractivity contribution in [3.8, 4) is 0 Å². The Balaban J connectivity index is 1.65. The topological polar surface area (TPSA) is 64.7 Å². The van der Waals surface area contributed by atoms with E-state index in [2.05, 4.69) is 15.5 Å². The lowest BCUT2D eigenvalue weighted by atomic mass is 10.2. The predicted octanol–water partition coefficient (Wildman–Crippen LogP) is 3.53. The van der Waals surface area contributed by atoms with Crippen LogP contribution in [0.1, 0.15) is 23.7 Å². The van der Waals surface area contributed by atoms with Crippen LogP contribution in [0, 0.1) is 0 Å². The number of nitrogens with one attached hydrogen (secondary N) is 2. The fraction of sp³-hybridized carbons (Fsp3) is 0.286. The molecule has 0 spiro atoms. The van der Waals surface area contributed by atoms with Crippen LogP contribution in [0.15, 0.2) is 48.5 Å². The second-order valence-corrected chi connectivity index (χ2v) is 7.44. The zero-order chi connectivity index (χ0) is 20.8. The largest absolute Gasteiger partial charge is 0.366 e. The Bertz CT molecular complexity index is 913. The number of anilines is 2. The zero-order valence-electron chi connectivity index (χ0n) is 16.2. The molecule has 8 heteroatoms. The highest BCUT2D eigenvalue weighted by atomic mass is 35.5. The normalized spacial score (nSPS) is 13.7. The van der Waals surface area contributed by atoms with Gasteiger partial charge in [0.1, 0.15) is 0 Å². The van der Waals surface area contributed by atoms with Gasteiger partial charge in [-0.2, -0.15) is 0 Å². The Labute approximate surface area is 180 Å². The summed E-state index contributed by atoms with van der Waals surface area (Å²) in [6.07, 6.45) is 0.525. The maximum atomic E-state index is 12.4. The molecule has 1 fully saturated rings. The van der Waals surface area contributed by atoms with E-state index in [-0.39, 0.29) is 16.9 Å². The van der Waals surface area contributed by atoms with Crippen molar-refractivity contribution >= 4 is 52.1 Å². The van der Waals surface area contributed by atoms with Crippen LogP contribution < -0.4 is 15.5 Å². The molecule has 6 nitrogen and oxygen atoms in total. The number of halogens is 1. The first kappa shape index (κ1) is 21.1. The first-order chi connectivity index (χ1) is 14.0. The maximum absolute atomic E-state index is 12.4. The molecule has 0 saturated carbocycles. The summed E-state index contributed by atoms with van der Waals surface area (Å²) in [6, 6.07) is 14.6. The molecule has 2 N–H and O–H groups in total. The van der Waals surface area contributed by atoms with Gasteiger partial charge in [0.2, 0.25) is 5.91 Å². The summed E-state index contributed by atoms with van der Waals surface area (Å²) in [5.41, 5.74) is 2.14. The van der Waals surface area contributed by atoms with Crippen molar-refractivity contribution in [2.45, 2.75) is 13.3 Å². The van der Waals surface area contributed by atoms with Crippen LogP contribution in [-0.4, -0.2) is 48.0 Å². The SMILES string of the molecule is CCC(=O)N1CCN(c2ccccc2NC(=S)NC(=O)c2ccccc2Cl)CC1. The van der Waals surface area contributed by atoms with E-state index >= 15 is 0 Å². The number of hydrogen-bond acceptors (Lipinski definition) is 4. The number of carbonyl (C=O) groups is 2. The van der Waals surface area contributed by atoms with Gasteiger partial charge in [-0.25, -0.2) is 0 Å². The van der Waals surface area contributed by atoms with Gasteiger partial charge in [0.05, 0.1) is 22.0 Å². The first-order valence-corrected chi connectivity index (χ1v) is 10.3. The molecular weight excluding hydrogens is 408 g/mol. The molecular formula is C21H23ClN4O2S. The van der Waals surface area contributed by atoms with E-state index in [0.717, 1.165) is 24.5 Å². The smallest absolute Gasteiger partial charge is 0.258 e. The number of hydrogen-bond donors (Lipinski definition) is 2. The minimum atomic E-state index is -0.364. The predicted molar refractivity (Wildman–Crippen MR) is 121 cm³/mol. The fourth-order valence-electron chi connectivity index (χ4n) is 3.24. The van der Waals surface area contributed by atoms with Crippen molar-refractivity contribution in [3.05, 3.63) is 59.1 Å². The molecule has 2 aromatic rings. The van der Waals surface area contributed by atoms with Crippen LogP contribution in [-0.2, 0) is 4.79 Å². The van der Waals surface area contributed by atoms with Gasteiger partial charge in [-0.1, -0.05) is 42.8 Å². The maximum Gasteiger partial charge on any atom is 0.258 e. The molecule has 1 aliphatic heterocycles. The van der Waals surface area contributed by atoms with Crippen LogP contribution >= 0.6 is 23.8 Å². The van der Waals surface area contributed by atoms with E-state index < -0.39 is 0 Å². The van der Waals surface area contributed by atoms with E-state index in [4.69, 9.17) is 23.8 Å². The molecule has 2 aromatic carbocycles. The van der Waals surface area contributed by atoms with Gasteiger partial charge in [-0.3, -0.25) is 14.9 Å². The molecule has 0 aliphatic carbocycles. The highest BCUT2D eigenvalue weighted by Crippen LogP contribution is 2.26. The summed E-state index contributed by atoms with van der Waals surface area (Å²) in [5.74, 6) is -0.184. The van der Waals surface area contributed by atoms with Gasteiger partial charge in [0.15, 0.2) is 5.11 Å².